The van der Waals surface area contributed by atoms with Gasteiger partial charge in [-0.05, 0) is 147 Å². The Morgan fingerprint density at radius 1 is 0.437 bits per heavy atom. The van der Waals surface area contributed by atoms with Crippen molar-refractivity contribution in [1.82, 2.24) is 104 Å². The van der Waals surface area contributed by atoms with Gasteiger partial charge in [0.25, 0.3) is 10.4 Å². The molecule has 20 rings (SSSR count). The number of methoxy groups -OCH3 is 4. The maximum Gasteiger partial charge on any atom is 0.394 e. The van der Waals surface area contributed by atoms with Gasteiger partial charge in [-0.25, -0.2) is 64.5 Å². The van der Waals surface area contributed by atoms with Crippen molar-refractivity contribution in [3.8, 4) is 28.9 Å². The van der Waals surface area contributed by atoms with E-state index in [1.807, 2.05) is 256 Å². The van der Waals surface area contributed by atoms with Crippen LogP contribution in [0.15, 0.2) is 344 Å². The van der Waals surface area contributed by atoms with Crippen LogP contribution in [0.4, 0.5) is 0 Å². The van der Waals surface area contributed by atoms with Crippen LogP contribution in [-0.4, -0.2) is 181 Å². The van der Waals surface area contributed by atoms with Gasteiger partial charge in [0, 0.05) is 107 Å². The van der Waals surface area contributed by atoms with E-state index in [9.17, 15) is 0 Å². The number of benzene rings is 7. The van der Waals surface area contributed by atoms with E-state index in [-0.39, 0.29) is 0 Å². The van der Waals surface area contributed by atoms with Crippen molar-refractivity contribution in [3.63, 3.8) is 0 Å². The molecule has 31 nitrogen and oxygen atoms in total. The van der Waals surface area contributed by atoms with Gasteiger partial charge in [0.05, 0.1) is 89.3 Å². The molecule has 0 fully saturated rings. The lowest BCUT2D eigenvalue weighted by molar-refractivity contribution is -0.445. The van der Waals surface area contributed by atoms with Gasteiger partial charge in [0.1, 0.15) is 26.6 Å². The summed E-state index contributed by atoms with van der Waals surface area (Å²) in [6.45, 7) is 0. The molecule has 0 saturated carbocycles. The average molecular weight is 1850 g/mol. The molecule has 39 heteroatoms. The SMILES string of the molecule is COc1ccccn1.COc1nc2ccccc2o1.COc1nc2ccccc2s1.COc1ncccn1.CSc1ccccn1.CSc1nc2ccccc2o1.CSc1nc2ccccc2s1.CSc1ncccn1.CSc1nccs1.C[N+](=O)[O-].Cn1ccnc1.Cn1ccnn1.Cn1cnc2ccccc21.Cn1nnc2ccccc21.Oc1ccccc1. The molecule has 0 aliphatic heterocycles. The van der Waals surface area contributed by atoms with Gasteiger partial charge < -0.3 is 42.0 Å². The van der Waals surface area contributed by atoms with Crippen molar-refractivity contribution in [2.45, 2.75) is 24.1 Å². The Balaban J connectivity index is 0.000000210. The molecule has 7 aromatic carbocycles. The number of aryl methyl sites for hydroxylation is 4. The Labute approximate surface area is 762 Å². The van der Waals surface area contributed by atoms with E-state index in [0.717, 1.165) is 86.1 Å². The fraction of sp³-hybridized carbons (Fsp3) is 0.161. The summed E-state index contributed by atoms with van der Waals surface area (Å²) in [4.78, 5) is 60.6. The summed E-state index contributed by atoms with van der Waals surface area (Å²) in [7, 11) is 14.8. The zero-order valence-corrected chi connectivity index (χ0v) is 77.8. The Bertz CT molecular complexity index is 5440. The van der Waals surface area contributed by atoms with Gasteiger partial charge in [0.2, 0.25) is 5.88 Å². The van der Waals surface area contributed by atoms with Crippen LogP contribution in [0.3, 0.4) is 0 Å². The van der Waals surface area contributed by atoms with Crippen molar-refractivity contribution in [3.05, 3.63) is 321 Å². The summed E-state index contributed by atoms with van der Waals surface area (Å²) in [5.74, 6) is 0.981. The fourth-order valence-corrected chi connectivity index (χ4v) is 13.3. The van der Waals surface area contributed by atoms with Gasteiger partial charge in [-0.15, -0.1) is 44.6 Å². The quantitative estimate of drug-likeness (QED) is 0.0607. The van der Waals surface area contributed by atoms with Crippen LogP contribution in [-0.2, 0) is 28.2 Å². The number of pyridine rings is 2. The molecule has 0 atom stereocenters. The van der Waals surface area contributed by atoms with Crippen LogP contribution >= 0.6 is 92.8 Å². The van der Waals surface area contributed by atoms with Gasteiger partial charge in [0.15, 0.2) is 27.7 Å². The molecule has 0 aliphatic carbocycles. The van der Waals surface area contributed by atoms with Crippen LogP contribution in [0.1, 0.15) is 0 Å². The zero-order chi connectivity index (χ0) is 90.6. The second kappa shape index (κ2) is 61.1. The zero-order valence-electron chi connectivity index (χ0n) is 71.3. The summed E-state index contributed by atoms with van der Waals surface area (Å²) in [6, 6.07) is 71.5. The minimum atomic E-state index is -0.500. The number of hydrogen-bond donors (Lipinski definition) is 1. The van der Waals surface area contributed by atoms with Crippen molar-refractivity contribution in [1.29, 1.82) is 0 Å². The van der Waals surface area contributed by atoms with Crippen LogP contribution in [0.2, 0.25) is 0 Å². The number of aromatic hydroxyl groups is 1. The van der Waals surface area contributed by atoms with Gasteiger partial charge >= 0.3 is 12.1 Å². The first kappa shape index (κ1) is 102. The lowest BCUT2D eigenvalue weighted by Crippen LogP contribution is -1.88. The third-order valence-corrected chi connectivity index (χ3v) is 21.2. The molecular weight excluding hydrogens is 1750 g/mol. The summed E-state index contributed by atoms with van der Waals surface area (Å²) in [6.07, 6.45) is 33.0. The number of oxazole rings is 2. The number of thioether (sulfide) groups is 5. The highest BCUT2D eigenvalue weighted by Crippen LogP contribution is 2.29. The lowest BCUT2D eigenvalue weighted by atomic mass is 10.3. The third-order valence-electron chi connectivity index (χ3n) is 14.6. The number of fused-ring (bicyclic) bond motifs is 6. The van der Waals surface area contributed by atoms with Crippen molar-refractivity contribution in [2.75, 3.05) is 66.8 Å². The molecule has 13 heterocycles. The first-order valence-electron chi connectivity index (χ1n) is 37.1. The predicted octanol–water partition coefficient (Wildman–Crippen LogP) is 20.2. The van der Waals surface area contributed by atoms with Crippen LogP contribution in [0.5, 0.6) is 28.9 Å². The molecule has 126 heavy (non-hydrogen) atoms. The minimum absolute atomic E-state index is 0.311. The summed E-state index contributed by atoms with van der Waals surface area (Å²) < 4.78 is 41.9. The molecule has 0 spiro atoms. The molecule has 1 N–H and O–H groups in total. The number of aromatic nitrogens is 21. The minimum Gasteiger partial charge on any atom is -0.508 e. The monoisotopic (exact) mass is 1850 g/mol. The number of thiazole rings is 3. The van der Waals surface area contributed by atoms with E-state index in [4.69, 9.17) is 43.0 Å². The number of para-hydroxylation sites is 10. The Hall–Kier alpha value is -13.3. The van der Waals surface area contributed by atoms with Gasteiger partial charge in [-0.1, -0.05) is 172 Å². The third kappa shape index (κ3) is 40.4. The van der Waals surface area contributed by atoms with E-state index < -0.39 is 4.92 Å². The first-order chi connectivity index (χ1) is 61.4. The smallest absolute Gasteiger partial charge is 0.394 e. The summed E-state index contributed by atoms with van der Waals surface area (Å²) >= 11 is 13.1. The largest absolute Gasteiger partial charge is 0.508 e. The number of phenols is 1. The summed E-state index contributed by atoms with van der Waals surface area (Å²) in [5, 5.41) is 37.7. The first-order valence-corrected chi connectivity index (χ1v) is 45.8. The molecule has 0 radical (unpaired) electrons. The normalized spacial score (nSPS) is 9.60. The number of ether oxygens (including phenoxy) is 4. The highest BCUT2D eigenvalue weighted by molar-refractivity contribution is 8.00. The number of nitrogens with zero attached hydrogens (tertiary/aromatic N) is 22. The molecule has 654 valence electrons. The Morgan fingerprint density at radius 3 is 1.40 bits per heavy atom. The number of imidazole rings is 2. The highest BCUT2D eigenvalue weighted by atomic mass is 32.2. The number of rotatable bonds is 9. The second-order valence-corrected chi connectivity index (χ2v) is 30.8. The molecule has 0 saturated heterocycles. The Morgan fingerprint density at radius 2 is 0.992 bits per heavy atom. The van der Waals surface area contributed by atoms with Gasteiger partial charge in [-0.2, -0.15) is 4.98 Å². The fourth-order valence-electron chi connectivity index (χ4n) is 8.87. The number of nitro groups is 1. The van der Waals surface area contributed by atoms with E-state index >= 15 is 0 Å². The topological polar surface area (TPSA) is 365 Å². The van der Waals surface area contributed by atoms with Crippen LogP contribution in [0, 0.1) is 10.1 Å². The molecule has 0 unspecified atom stereocenters. The van der Waals surface area contributed by atoms with E-state index in [2.05, 4.69) is 104 Å². The second-order valence-electron chi connectivity index (χ2n) is 23.4. The standard InChI is InChI=1S/C8H8N2.C8H7NO2.2C8H7NOS.C8H7NS2.C7H7N3.C6H7NO.C6H7NS.C6H6O.C5H6N2O.C5H6N2S.C4H6N2.C4H5NS2.C3H5N3.CH3NO2/c1-10-6-9-7-4-2-3-5-8(7)10;1-10-8-9-6-4-2-3-5-7(6)11-8;1-11-8-9-6-4-2-3-5-7(6)10-8;2*1-10-8-9-6-4-2-3-5-7(6)11-8;1-10-7-5-3-2-4-6(7)8-9-10;2*1-8-6-4-2-3-5-7-6;7-6-4-2-1-3-5-6;2*1-8-5-6-3-2-4-7-5;1-6-3-2-5-4-6;1-6-4-5-2-3-7-4;1-6-3-2-4-5-6;1-2(3)4/h2-6H,1H3;4*2-5H,1H3;2-5H,1H3;2*2-5H,1H3;1-5,7H;2*2-4H,1H3;2-4H,1H3;2-3H,1H3;2-3H,1H3;1H3. The maximum atomic E-state index is 8.81. The maximum absolute atomic E-state index is 8.81. The van der Waals surface area contributed by atoms with Crippen molar-refractivity contribution < 1.29 is 37.8 Å². The highest BCUT2D eigenvalue weighted by Gasteiger charge is 2.05. The average Bonchev–Trinajstić information content (AvgIpc) is 1.74. The molecule has 0 bridgehead atoms. The molecule has 13 aromatic heterocycles. The molecular formula is C87H94N22O9S8. The van der Waals surface area contributed by atoms with Crippen LogP contribution < -0.4 is 18.9 Å². The van der Waals surface area contributed by atoms with E-state index in [1.54, 1.807) is 209 Å². The van der Waals surface area contributed by atoms with Gasteiger partial charge in [-0.3, -0.25) is 14.8 Å². The molecule has 0 amide bonds. The number of phenolic OH excluding ortho intramolecular Hbond substituents is 1. The van der Waals surface area contributed by atoms with Crippen molar-refractivity contribution >= 4 is 158 Å². The summed E-state index contributed by atoms with van der Waals surface area (Å²) in [5.41, 5.74) is 9.75. The van der Waals surface area contributed by atoms with Crippen molar-refractivity contribution in [2.24, 2.45) is 28.2 Å². The molecule has 0 aliphatic rings. The van der Waals surface area contributed by atoms with E-state index in [1.165, 1.54) is 40.9 Å². The predicted molar refractivity (Wildman–Crippen MR) is 511 cm³/mol. The lowest BCUT2D eigenvalue weighted by Gasteiger charge is -1.92. The molecule has 20 aromatic rings. The van der Waals surface area contributed by atoms with Crippen LogP contribution in [0.25, 0.3) is 64.7 Å². The van der Waals surface area contributed by atoms with E-state index in [0.29, 0.717) is 23.7 Å². The number of hydrogen-bond acceptors (Lipinski definition) is 34. The Kier molecular flexibility index (Phi) is 49.2.